The quantitative estimate of drug-likeness (QED) is 0.601. The fourth-order valence-electron chi connectivity index (χ4n) is 1.18. The van der Waals surface area contributed by atoms with Gasteiger partial charge in [-0.15, -0.1) is 0 Å². The van der Waals surface area contributed by atoms with Crippen LogP contribution < -0.4 is 0 Å². The molecule has 1 heterocycles. The first kappa shape index (κ1) is 8.98. The lowest BCUT2D eigenvalue weighted by Gasteiger charge is -2.05. The molecule has 2 aromatic rings. The van der Waals surface area contributed by atoms with Crippen molar-refractivity contribution in [2.45, 2.75) is 6.18 Å². The molecule has 0 aliphatic carbocycles. The first-order valence-electron chi connectivity index (χ1n) is 3.62. The van der Waals surface area contributed by atoms with Crippen LogP contribution >= 0.6 is 0 Å². The van der Waals surface area contributed by atoms with Gasteiger partial charge in [0.2, 0.25) is 6.33 Å². The molecule has 0 fully saturated rings. The van der Waals surface area contributed by atoms with Gasteiger partial charge in [0.15, 0.2) is 0 Å². The van der Waals surface area contributed by atoms with Crippen LogP contribution in [0.15, 0.2) is 18.2 Å². The summed E-state index contributed by atoms with van der Waals surface area (Å²) in [5.74, 6) is 0. The third-order valence-electron chi connectivity index (χ3n) is 1.78. The van der Waals surface area contributed by atoms with E-state index in [0.29, 0.717) is 0 Å². The third-order valence-corrected chi connectivity index (χ3v) is 1.78. The van der Waals surface area contributed by atoms with E-state index in [9.17, 15) is 17.7 Å². The van der Waals surface area contributed by atoms with Crippen LogP contribution in [0.5, 0.6) is 0 Å². The van der Waals surface area contributed by atoms with E-state index in [1.54, 1.807) is 6.33 Å². The summed E-state index contributed by atoms with van der Waals surface area (Å²) < 4.78 is 49.8. The van der Waals surface area contributed by atoms with Gasteiger partial charge in [-0.2, -0.15) is 18.0 Å². The van der Waals surface area contributed by atoms with E-state index < -0.39 is 17.3 Å². The number of nitrogens with zero attached hydrogens (tertiary/aromatic N) is 2. The van der Waals surface area contributed by atoms with E-state index in [0.717, 1.165) is 12.1 Å². The van der Waals surface area contributed by atoms with E-state index in [-0.39, 0.29) is 10.3 Å². The average Bonchev–Trinajstić information content (AvgIpc) is 2.46. The Morgan fingerprint density at radius 2 is 2.00 bits per heavy atom. The van der Waals surface area contributed by atoms with Gasteiger partial charge in [-0.3, -0.25) is 0 Å². The second-order valence-electron chi connectivity index (χ2n) is 2.66. The topological polar surface area (TPSA) is 17.8 Å². The Labute approximate surface area is 75.7 Å². The van der Waals surface area contributed by atoms with Crippen LogP contribution in [0.25, 0.3) is 11.0 Å². The largest absolute Gasteiger partial charge is 0.418 e. The van der Waals surface area contributed by atoms with Gasteiger partial charge in [0.25, 0.3) is 0 Å². The number of rotatable bonds is 0. The van der Waals surface area contributed by atoms with E-state index in [2.05, 4.69) is 4.98 Å². The molecule has 0 aliphatic heterocycles. The van der Waals surface area contributed by atoms with Gasteiger partial charge in [-0.1, -0.05) is 10.5 Å². The number of alkyl halides is 3. The smallest absolute Gasteiger partial charge is 0.222 e. The first-order valence-corrected chi connectivity index (χ1v) is 3.62. The van der Waals surface area contributed by atoms with Crippen molar-refractivity contribution in [1.29, 1.82) is 0 Å². The van der Waals surface area contributed by atoms with E-state index in [1.165, 1.54) is 6.07 Å². The van der Waals surface area contributed by atoms with Crippen molar-refractivity contribution in [1.82, 2.24) is 9.77 Å². The van der Waals surface area contributed by atoms with Crippen LogP contribution in [-0.2, 0) is 6.18 Å². The van der Waals surface area contributed by atoms with Crippen LogP contribution in [0.3, 0.4) is 0 Å². The number of aromatic nitrogens is 2. The maximum absolute atomic E-state index is 12.7. The summed E-state index contributed by atoms with van der Waals surface area (Å²) in [6, 6.07) is 3.17. The SMILES string of the molecule is Fn1[c]nc2c(C(F)(F)F)cccc21. The molecule has 0 amide bonds. The van der Waals surface area contributed by atoms with Gasteiger partial charge in [0.1, 0.15) is 11.0 Å². The fraction of sp³-hybridized carbons (Fsp3) is 0.125. The lowest BCUT2D eigenvalue weighted by Crippen LogP contribution is -2.05. The lowest BCUT2D eigenvalue weighted by atomic mass is 10.2. The highest BCUT2D eigenvalue weighted by atomic mass is 19.4. The molecule has 14 heavy (non-hydrogen) atoms. The van der Waals surface area contributed by atoms with Crippen LogP contribution in [-0.4, -0.2) is 9.77 Å². The van der Waals surface area contributed by atoms with Gasteiger partial charge >= 0.3 is 6.18 Å². The van der Waals surface area contributed by atoms with E-state index in [1.807, 2.05) is 0 Å². The molecular weight excluding hydrogens is 200 g/mol. The van der Waals surface area contributed by atoms with Gasteiger partial charge in [-0.05, 0) is 12.1 Å². The Hall–Kier alpha value is -1.59. The maximum Gasteiger partial charge on any atom is 0.418 e. The lowest BCUT2D eigenvalue weighted by molar-refractivity contribution is -0.136. The molecule has 0 saturated carbocycles. The van der Waals surface area contributed by atoms with Crippen molar-refractivity contribution in [3.63, 3.8) is 0 Å². The van der Waals surface area contributed by atoms with Crippen LogP contribution in [0, 0.1) is 6.33 Å². The highest BCUT2D eigenvalue weighted by Gasteiger charge is 2.33. The highest BCUT2D eigenvalue weighted by Crippen LogP contribution is 2.33. The maximum atomic E-state index is 12.7. The molecule has 1 aromatic carbocycles. The minimum Gasteiger partial charge on any atom is -0.222 e. The number of imidazole rings is 1. The highest BCUT2D eigenvalue weighted by molar-refractivity contribution is 5.79. The van der Waals surface area contributed by atoms with Crippen LogP contribution in [0.4, 0.5) is 17.7 Å². The summed E-state index contributed by atoms with van der Waals surface area (Å²) in [4.78, 5) is 3.16. The van der Waals surface area contributed by atoms with Gasteiger partial charge in [0, 0.05) is 0 Å². The van der Waals surface area contributed by atoms with Crippen molar-refractivity contribution in [3.05, 3.63) is 30.1 Å². The zero-order chi connectivity index (χ0) is 10.3. The summed E-state index contributed by atoms with van der Waals surface area (Å²) in [6.07, 6.45) is -2.74. The molecule has 0 unspecified atom stereocenters. The van der Waals surface area contributed by atoms with Gasteiger partial charge in [-0.25, -0.2) is 4.98 Å². The number of halogens is 4. The Morgan fingerprint density at radius 1 is 1.29 bits per heavy atom. The van der Waals surface area contributed by atoms with Crippen molar-refractivity contribution in [2.75, 3.05) is 0 Å². The molecule has 2 nitrogen and oxygen atoms in total. The Balaban J connectivity index is 2.79. The number of benzene rings is 1. The molecule has 0 bridgehead atoms. The summed E-state index contributed by atoms with van der Waals surface area (Å²) in [5.41, 5.74) is -1.62. The second kappa shape index (κ2) is 2.70. The fourth-order valence-corrected chi connectivity index (χ4v) is 1.18. The third kappa shape index (κ3) is 1.23. The van der Waals surface area contributed by atoms with Crippen molar-refractivity contribution >= 4 is 11.0 Å². The minimum absolute atomic E-state index is 0.0649. The molecule has 0 saturated heterocycles. The molecule has 6 heteroatoms. The monoisotopic (exact) mass is 203 g/mol. The molecule has 0 atom stereocenters. The molecular formula is C8H3F4N2. The standard InChI is InChI=1S/C8H3F4N2/c9-8(10,11)5-2-1-3-6-7(5)13-4-14(6)12/h1-3H. The summed E-state index contributed by atoms with van der Waals surface area (Å²) in [5, 5.41) is 0. The normalized spacial score (nSPS) is 12.3. The van der Waals surface area contributed by atoms with E-state index in [4.69, 9.17) is 0 Å². The molecule has 0 spiro atoms. The first-order chi connectivity index (χ1) is 6.50. The van der Waals surface area contributed by atoms with Crippen LogP contribution in [0.1, 0.15) is 5.56 Å². The molecule has 2 rings (SSSR count). The summed E-state index contributed by atoms with van der Waals surface area (Å²) in [6.45, 7) is 0. The second-order valence-corrected chi connectivity index (χ2v) is 2.66. The number of hydrogen-bond acceptors (Lipinski definition) is 1. The number of hydrogen-bond donors (Lipinski definition) is 0. The summed E-state index contributed by atoms with van der Waals surface area (Å²) >= 11 is 0. The van der Waals surface area contributed by atoms with Gasteiger partial charge < -0.3 is 0 Å². The zero-order valence-electron chi connectivity index (χ0n) is 6.64. The predicted molar refractivity (Wildman–Crippen MR) is 40.1 cm³/mol. The Morgan fingerprint density at radius 3 is 2.64 bits per heavy atom. The predicted octanol–water partition coefficient (Wildman–Crippen LogP) is 2.59. The number of para-hydroxylation sites is 1. The van der Waals surface area contributed by atoms with Crippen LogP contribution in [0.2, 0.25) is 0 Å². The summed E-state index contributed by atoms with van der Waals surface area (Å²) in [7, 11) is 0. The molecule has 1 radical (unpaired) electrons. The molecule has 1 aromatic heterocycles. The molecule has 0 aliphatic rings. The Bertz CT molecular complexity index is 472. The van der Waals surface area contributed by atoms with Crippen molar-refractivity contribution < 1.29 is 17.7 Å². The van der Waals surface area contributed by atoms with Crippen molar-refractivity contribution in [3.8, 4) is 0 Å². The molecule has 0 N–H and O–H groups in total. The van der Waals surface area contributed by atoms with E-state index >= 15 is 0 Å². The van der Waals surface area contributed by atoms with Gasteiger partial charge in [0.05, 0.1) is 5.56 Å². The molecule has 73 valence electrons. The van der Waals surface area contributed by atoms with Crippen molar-refractivity contribution in [2.24, 2.45) is 0 Å². The Kier molecular flexibility index (Phi) is 1.73. The zero-order valence-corrected chi connectivity index (χ0v) is 6.64. The minimum atomic E-state index is -4.53. The average molecular weight is 203 g/mol. The number of fused-ring (bicyclic) bond motifs is 1.